The van der Waals surface area contributed by atoms with Gasteiger partial charge in [0.05, 0.1) is 12.6 Å². The van der Waals surface area contributed by atoms with Gasteiger partial charge in [0.15, 0.2) is 0 Å². The number of rotatable bonds is 5. The second-order valence-corrected chi connectivity index (χ2v) is 4.68. The van der Waals surface area contributed by atoms with Crippen LogP contribution in [0.4, 0.5) is 8.78 Å². The van der Waals surface area contributed by atoms with Crippen molar-refractivity contribution in [1.82, 2.24) is 19.7 Å². The highest BCUT2D eigenvalue weighted by molar-refractivity contribution is 5.21. The Balaban J connectivity index is 2.02. The molecule has 0 saturated heterocycles. The molecule has 2 aromatic rings. The summed E-state index contributed by atoms with van der Waals surface area (Å²) in [5, 5.41) is 13.9. The van der Waals surface area contributed by atoms with Crippen molar-refractivity contribution in [2.24, 2.45) is 7.05 Å². The lowest BCUT2D eigenvalue weighted by atomic mass is 10.1. The smallest absolute Gasteiger partial charge is 0.140 e. The SMILES string of the molecule is CN(Cc1ncnn1C)CC(O)c1cc(F)ccc1F. The number of hydrogen-bond donors (Lipinski definition) is 1. The van der Waals surface area contributed by atoms with Crippen LogP contribution in [0, 0.1) is 11.6 Å². The third-order valence-electron chi connectivity index (χ3n) is 3.02. The number of halogens is 2. The van der Waals surface area contributed by atoms with E-state index in [1.54, 1.807) is 23.7 Å². The first-order valence-corrected chi connectivity index (χ1v) is 6.12. The van der Waals surface area contributed by atoms with Crippen molar-refractivity contribution in [2.45, 2.75) is 12.6 Å². The van der Waals surface area contributed by atoms with Gasteiger partial charge in [-0.1, -0.05) is 0 Å². The van der Waals surface area contributed by atoms with Crippen molar-refractivity contribution in [3.8, 4) is 0 Å². The molecule has 0 aliphatic heterocycles. The van der Waals surface area contributed by atoms with Gasteiger partial charge in [-0.25, -0.2) is 13.8 Å². The van der Waals surface area contributed by atoms with Gasteiger partial charge in [-0.05, 0) is 25.2 Å². The van der Waals surface area contributed by atoms with Gasteiger partial charge in [-0.3, -0.25) is 9.58 Å². The zero-order valence-electron chi connectivity index (χ0n) is 11.3. The fourth-order valence-electron chi connectivity index (χ4n) is 1.93. The number of aliphatic hydroxyl groups is 1. The number of likely N-dealkylation sites (N-methyl/N-ethyl adjacent to an activating group) is 1. The molecule has 1 aromatic carbocycles. The van der Waals surface area contributed by atoms with E-state index in [9.17, 15) is 13.9 Å². The Morgan fingerprint density at radius 2 is 2.15 bits per heavy atom. The van der Waals surface area contributed by atoms with Gasteiger partial charge in [-0.2, -0.15) is 5.10 Å². The quantitative estimate of drug-likeness (QED) is 0.897. The van der Waals surface area contributed by atoms with Crippen LogP contribution in [0.2, 0.25) is 0 Å². The number of nitrogens with zero attached hydrogens (tertiary/aromatic N) is 4. The van der Waals surface area contributed by atoms with Crippen molar-refractivity contribution < 1.29 is 13.9 Å². The zero-order valence-corrected chi connectivity index (χ0v) is 11.3. The molecule has 1 aromatic heterocycles. The molecule has 20 heavy (non-hydrogen) atoms. The number of benzene rings is 1. The second kappa shape index (κ2) is 6.06. The predicted molar refractivity (Wildman–Crippen MR) is 68.7 cm³/mol. The van der Waals surface area contributed by atoms with E-state index in [1.165, 1.54) is 6.33 Å². The molecule has 1 heterocycles. The Labute approximate surface area is 115 Å². The minimum Gasteiger partial charge on any atom is -0.387 e. The molecule has 0 spiro atoms. The van der Waals surface area contributed by atoms with Gasteiger partial charge < -0.3 is 5.11 Å². The van der Waals surface area contributed by atoms with E-state index in [0.29, 0.717) is 6.54 Å². The normalized spacial score (nSPS) is 12.9. The summed E-state index contributed by atoms with van der Waals surface area (Å²) in [7, 11) is 3.52. The number of aliphatic hydroxyl groups excluding tert-OH is 1. The van der Waals surface area contributed by atoms with Gasteiger partial charge in [-0.15, -0.1) is 0 Å². The fourth-order valence-corrected chi connectivity index (χ4v) is 1.93. The summed E-state index contributed by atoms with van der Waals surface area (Å²) >= 11 is 0. The van der Waals surface area contributed by atoms with Gasteiger partial charge in [0.2, 0.25) is 0 Å². The average molecular weight is 282 g/mol. The molecule has 0 radical (unpaired) electrons. The van der Waals surface area contributed by atoms with Crippen molar-refractivity contribution in [3.05, 3.63) is 47.5 Å². The molecular formula is C13H16F2N4O. The maximum Gasteiger partial charge on any atom is 0.140 e. The van der Waals surface area contributed by atoms with Gasteiger partial charge in [0, 0.05) is 19.2 Å². The monoisotopic (exact) mass is 282 g/mol. The minimum atomic E-state index is -1.11. The summed E-state index contributed by atoms with van der Waals surface area (Å²) < 4.78 is 28.2. The summed E-state index contributed by atoms with van der Waals surface area (Å²) in [5.74, 6) is -0.471. The van der Waals surface area contributed by atoms with Crippen LogP contribution in [0.1, 0.15) is 17.5 Å². The third-order valence-corrected chi connectivity index (χ3v) is 3.02. The number of aryl methyl sites for hydroxylation is 1. The molecule has 0 amide bonds. The van der Waals surface area contributed by atoms with Crippen LogP contribution < -0.4 is 0 Å². The molecule has 7 heteroatoms. The van der Waals surface area contributed by atoms with E-state index in [1.807, 2.05) is 0 Å². The van der Waals surface area contributed by atoms with Crippen molar-refractivity contribution >= 4 is 0 Å². The first-order chi connectivity index (χ1) is 9.47. The zero-order chi connectivity index (χ0) is 14.7. The lowest BCUT2D eigenvalue weighted by Gasteiger charge is -2.20. The summed E-state index contributed by atoms with van der Waals surface area (Å²) in [4.78, 5) is 5.82. The Bertz CT molecular complexity index is 588. The highest BCUT2D eigenvalue weighted by Crippen LogP contribution is 2.19. The van der Waals surface area contributed by atoms with Gasteiger partial charge in [0.1, 0.15) is 23.8 Å². The Morgan fingerprint density at radius 3 is 2.80 bits per heavy atom. The molecule has 0 bridgehead atoms. The molecule has 0 saturated carbocycles. The average Bonchev–Trinajstić information content (AvgIpc) is 2.77. The lowest BCUT2D eigenvalue weighted by Crippen LogP contribution is -2.26. The Morgan fingerprint density at radius 1 is 1.40 bits per heavy atom. The van der Waals surface area contributed by atoms with E-state index < -0.39 is 17.7 Å². The van der Waals surface area contributed by atoms with E-state index in [4.69, 9.17) is 0 Å². The number of aromatic nitrogens is 3. The topological polar surface area (TPSA) is 54.2 Å². The van der Waals surface area contributed by atoms with Gasteiger partial charge >= 0.3 is 0 Å². The minimum absolute atomic E-state index is 0.0465. The van der Waals surface area contributed by atoms with Crippen LogP contribution in [0.3, 0.4) is 0 Å². The molecule has 5 nitrogen and oxygen atoms in total. The largest absolute Gasteiger partial charge is 0.387 e. The lowest BCUT2D eigenvalue weighted by molar-refractivity contribution is 0.118. The number of hydrogen-bond acceptors (Lipinski definition) is 4. The van der Waals surface area contributed by atoms with Crippen LogP contribution in [0.25, 0.3) is 0 Å². The highest BCUT2D eigenvalue weighted by Gasteiger charge is 2.17. The Kier molecular flexibility index (Phi) is 4.41. The molecule has 1 N–H and O–H groups in total. The molecular weight excluding hydrogens is 266 g/mol. The molecule has 0 aliphatic carbocycles. The Hall–Kier alpha value is -1.86. The summed E-state index contributed by atoms with van der Waals surface area (Å²) in [6.07, 6.45) is 0.329. The standard InChI is InChI=1S/C13H16F2N4O/c1-18(7-13-16-8-17-19(13)2)6-12(20)10-5-9(14)3-4-11(10)15/h3-5,8,12,20H,6-7H2,1-2H3. The first kappa shape index (κ1) is 14.5. The van der Waals surface area contributed by atoms with E-state index in [2.05, 4.69) is 10.1 Å². The molecule has 1 atom stereocenters. The van der Waals surface area contributed by atoms with Crippen molar-refractivity contribution in [3.63, 3.8) is 0 Å². The van der Waals surface area contributed by atoms with Crippen molar-refractivity contribution in [2.75, 3.05) is 13.6 Å². The van der Waals surface area contributed by atoms with E-state index in [-0.39, 0.29) is 12.1 Å². The van der Waals surface area contributed by atoms with E-state index >= 15 is 0 Å². The van der Waals surface area contributed by atoms with E-state index in [0.717, 1.165) is 24.0 Å². The molecule has 0 aliphatic rings. The molecule has 1 unspecified atom stereocenters. The van der Waals surface area contributed by atoms with Crippen LogP contribution in [0.5, 0.6) is 0 Å². The van der Waals surface area contributed by atoms with Crippen LogP contribution in [0.15, 0.2) is 24.5 Å². The third kappa shape index (κ3) is 3.37. The van der Waals surface area contributed by atoms with Crippen LogP contribution in [-0.2, 0) is 13.6 Å². The highest BCUT2D eigenvalue weighted by atomic mass is 19.1. The first-order valence-electron chi connectivity index (χ1n) is 6.12. The molecule has 108 valence electrons. The van der Waals surface area contributed by atoms with Crippen LogP contribution in [-0.4, -0.2) is 38.4 Å². The fraction of sp³-hybridized carbons (Fsp3) is 0.385. The predicted octanol–water partition coefficient (Wildman–Crippen LogP) is 1.26. The summed E-state index contributed by atoms with van der Waals surface area (Å²) in [6, 6.07) is 3.04. The summed E-state index contributed by atoms with van der Waals surface area (Å²) in [5.41, 5.74) is -0.0465. The summed E-state index contributed by atoms with van der Waals surface area (Å²) in [6.45, 7) is 0.609. The molecule has 0 fully saturated rings. The maximum absolute atomic E-state index is 13.5. The van der Waals surface area contributed by atoms with Gasteiger partial charge in [0.25, 0.3) is 0 Å². The maximum atomic E-state index is 13.5. The second-order valence-electron chi connectivity index (χ2n) is 4.68. The van der Waals surface area contributed by atoms with Crippen molar-refractivity contribution in [1.29, 1.82) is 0 Å². The van der Waals surface area contributed by atoms with Crippen LogP contribution >= 0.6 is 0 Å². The molecule has 2 rings (SSSR count).